The highest BCUT2D eigenvalue weighted by atomic mass is 32.2. The Morgan fingerprint density at radius 3 is 2.12 bits per heavy atom. The van der Waals surface area contributed by atoms with Gasteiger partial charge in [0.25, 0.3) is 0 Å². The van der Waals surface area contributed by atoms with Crippen LogP contribution in [0.25, 0.3) is 0 Å². The number of carbonyl (C=O) groups excluding carboxylic acids is 1. The van der Waals surface area contributed by atoms with Crippen LogP contribution in [0.15, 0.2) is 0 Å². The van der Waals surface area contributed by atoms with Crippen molar-refractivity contribution in [2.24, 2.45) is 11.3 Å². The lowest BCUT2D eigenvalue weighted by atomic mass is 10.0. The highest BCUT2D eigenvalue weighted by Gasteiger charge is 2.31. The van der Waals surface area contributed by atoms with Crippen LogP contribution in [0.4, 0.5) is 0 Å². The molecule has 1 saturated heterocycles. The first-order chi connectivity index (χ1) is 7.24. The SMILES string of the molecule is CC(C)(C)CS(=O)(=O)N1CCC(C=O)CC1. The van der Waals surface area contributed by atoms with E-state index >= 15 is 0 Å². The van der Waals surface area contributed by atoms with Gasteiger partial charge in [-0.1, -0.05) is 20.8 Å². The number of piperidine rings is 1. The summed E-state index contributed by atoms with van der Waals surface area (Å²) in [5.41, 5.74) is -0.222. The highest BCUT2D eigenvalue weighted by Crippen LogP contribution is 2.23. The second-order valence-corrected chi connectivity index (χ2v) is 7.66. The topological polar surface area (TPSA) is 54.5 Å². The Morgan fingerprint density at radius 1 is 1.25 bits per heavy atom. The van der Waals surface area contributed by atoms with E-state index < -0.39 is 10.0 Å². The van der Waals surface area contributed by atoms with Gasteiger partial charge in [-0.3, -0.25) is 0 Å². The van der Waals surface area contributed by atoms with E-state index in [9.17, 15) is 13.2 Å². The number of hydrogen-bond acceptors (Lipinski definition) is 3. The van der Waals surface area contributed by atoms with E-state index in [-0.39, 0.29) is 17.1 Å². The Hall–Kier alpha value is -0.420. The molecule has 0 spiro atoms. The molecule has 4 nitrogen and oxygen atoms in total. The van der Waals surface area contributed by atoms with Crippen molar-refractivity contribution in [2.45, 2.75) is 33.6 Å². The molecule has 0 atom stereocenters. The maximum Gasteiger partial charge on any atom is 0.214 e. The van der Waals surface area contributed by atoms with Crippen molar-refractivity contribution < 1.29 is 13.2 Å². The van der Waals surface area contributed by atoms with Gasteiger partial charge in [0.2, 0.25) is 10.0 Å². The van der Waals surface area contributed by atoms with Crippen molar-refractivity contribution in [2.75, 3.05) is 18.8 Å². The van der Waals surface area contributed by atoms with E-state index in [1.807, 2.05) is 20.8 Å². The second-order valence-electron chi connectivity index (χ2n) is 5.69. The lowest BCUT2D eigenvalue weighted by Crippen LogP contribution is -2.42. The average molecular weight is 247 g/mol. The molecule has 0 bridgehead atoms. The molecule has 16 heavy (non-hydrogen) atoms. The van der Waals surface area contributed by atoms with Crippen molar-refractivity contribution >= 4 is 16.3 Å². The Balaban J connectivity index is 2.62. The molecule has 1 aliphatic rings. The molecule has 1 rings (SSSR count). The molecule has 0 aromatic carbocycles. The first-order valence-electron chi connectivity index (χ1n) is 5.68. The van der Waals surface area contributed by atoms with Crippen molar-refractivity contribution in [3.8, 4) is 0 Å². The fourth-order valence-corrected chi connectivity index (χ4v) is 3.97. The lowest BCUT2D eigenvalue weighted by Gasteiger charge is -2.31. The summed E-state index contributed by atoms with van der Waals surface area (Å²) in [7, 11) is -3.16. The summed E-state index contributed by atoms with van der Waals surface area (Å²) in [6.45, 7) is 6.73. The van der Waals surface area contributed by atoms with Gasteiger partial charge >= 0.3 is 0 Å². The van der Waals surface area contributed by atoms with Gasteiger partial charge in [0, 0.05) is 19.0 Å². The molecule has 0 radical (unpaired) electrons. The summed E-state index contributed by atoms with van der Waals surface area (Å²) in [6, 6.07) is 0. The third kappa shape index (κ3) is 3.87. The zero-order valence-electron chi connectivity index (χ0n) is 10.3. The Labute approximate surface area is 98.1 Å². The first kappa shape index (κ1) is 13.6. The molecule has 94 valence electrons. The summed E-state index contributed by atoms with van der Waals surface area (Å²) in [5, 5.41) is 0. The summed E-state index contributed by atoms with van der Waals surface area (Å²) in [5.74, 6) is 0.215. The zero-order valence-corrected chi connectivity index (χ0v) is 11.1. The smallest absolute Gasteiger partial charge is 0.214 e. The Kier molecular flexibility index (Phi) is 4.12. The fourth-order valence-electron chi connectivity index (χ4n) is 1.93. The van der Waals surface area contributed by atoms with Crippen molar-refractivity contribution in [3.63, 3.8) is 0 Å². The molecule has 0 unspecified atom stereocenters. The third-order valence-corrected chi connectivity index (χ3v) is 5.08. The maximum atomic E-state index is 12.0. The fraction of sp³-hybridized carbons (Fsp3) is 0.909. The van der Waals surface area contributed by atoms with Crippen molar-refractivity contribution in [1.29, 1.82) is 0 Å². The summed E-state index contributed by atoms with van der Waals surface area (Å²) in [4.78, 5) is 10.6. The van der Waals surface area contributed by atoms with E-state index in [1.54, 1.807) is 0 Å². The molecule has 0 N–H and O–H groups in total. The van der Waals surface area contributed by atoms with Crippen LogP contribution in [0.1, 0.15) is 33.6 Å². The largest absolute Gasteiger partial charge is 0.303 e. The summed E-state index contributed by atoms with van der Waals surface area (Å²) >= 11 is 0. The minimum Gasteiger partial charge on any atom is -0.303 e. The Bertz CT molecular complexity index is 335. The quantitative estimate of drug-likeness (QED) is 0.706. The summed E-state index contributed by atoms with van der Waals surface area (Å²) < 4.78 is 25.6. The molecule has 0 amide bonds. The Morgan fingerprint density at radius 2 is 1.75 bits per heavy atom. The van der Waals surface area contributed by atoms with Gasteiger partial charge in [-0.15, -0.1) is 0 Å². The molecule has 0 saturated carbocycles. The summed E-state index contributed by atoms with van der Waals surface area (Å²) in [6.07, 6.45) is 2.26. The minimum absolute atomic E-state index is 0.0427. The maximum absolute atomic E-state index is 12.0. The number of carbonyl (C=O) groups is 1. The number of rotatable bonds is 3. The molecule has 0 aromatic rings. The van der Waals surface area contributed by atoms with Crippen LogP contribution < -0.4 is 0 Å². The van der Waals surface area contributed by atoms with Gasteiger partial charge in [-0.05, 0) is 18.3 Å². The van der Waals surface area contributed by atoms with Gasteiger partial charge < -0.3 is 4.79 Å². The van der Waals surface area contributed by atoms with E-state index in [0.717, 1.165) is 6.29 Å². The number of sulfonamides is 1. The van der Waals surface area contributed by atoms with Crippen LogP contribution in [0, 0.1) is 11.3 Å². The standard InChI is InChI=1S/C11H21NO3S/c1-11(2,3)9-16(14,15)12-6-4-10(8-13)5-7-12/h8,10H,4-7,9H2,1-3H3. The first-order valence-corrected chi connectivity index (χ1v) is 7.29. The van der Waals surface area contributed by atoms with Crippen molar-refractivity contribution in [1.82, 2.24) is 4.31 Å². The van der Waals surface area contributed by atoms with Gasteiger partial charge in [-0.25, -0.2) is 12.7 Å². The van der Waals surface area contributed by atoms with Crippen LogP contribution in [0.2, 0.25) is 0 Å². The van der Waals surface area contributed by atoms with Gasteiger partial charge in [0.05, 0.1) is 5.75 Å². The van der Waals surface area contributed by atoms with Crippen LogP contribution in [-0.2, 0) is 14.8 Å². The molecule has 5 heteroatoms. The molecular formula is C11H21NO3S. The highest BCUT2D eigenvalue weighted by molar-refractivity contribution is 7.89. The molecule has 1 aliphatic heterocycles. The normalized spacial score (nSPS) is 20.9. The molecule has 0 aromatic heterocycles. The van der Waals surface area contributed by atoms with Crippen LogP contribution in [-0.4, -0.2) is 37.9 Å². The number of hydrogen-bond donors (Lipinski definition) is 0. The van der Waals surface area contributed by atoms with Gasteiger partial charge in [-0.2, -0.15) is 0 Å². The van der Waals surface area contributed by atoms with E-state index in [4.69, 9.17) is 0 Å². The number of nitrogens with zero attached hydrogens (tertiary/aromatic N) is 1. The predicted octanol–water partition coefficient (Wildman–Crippen LogP) is 1.27. The minimum atomic E-state index is -3.16. The van der Waals surface area contributed by atoms with Crippen LogP contribution >= 0.6 is 0 Å². The molecule has 1 heterocycles. The van der Waals surface area contributed by atoms with E-state index in [0.29, 0.717) is 25.9 Å². The van der Waals surface area contributed by atoms with E-state index in [1.165, 1.54) is 4.31 Å². The predicted molar refractivity (Wildman–Crippen MR) is 63.6 cm³/mol. The average Bonchev–Trinajstić information content (AvgIpc) is 2.14. The van der Waals surface area contributed by atoms with Crippen LogP contribution in [0.3, 0.4) is 0 Å². The second kappa shape index (κ2) is 4.84. The zero-order chi connectivity index (χ0) is 12.4. The van der Waals surface area contributed by atoms with Gasteiger partial charge in [0.1, 0.15) is 6.29 Å². The molecule has 1 fully saturated rings. The van der Waals surface area contributed by atoms with Crippen molar-refractivity contribution in [3.05, 3.63) is 0 Å². The van der Waals surface area contributed by atoms with Crippen LogP contribution in [0.5, 0.6) is 0 Å². The van der Waals surface area contributed by atoms with E-state index in [2.05, 4.69) is 0 Å². The monoisotopic (exact) mass is 247 g/mol. The number of aldehydes is 1. The molecule has 0 aliphatic carbocycles. The van der Waals surface area contributed by atoms with Gasteiger partial charge in [0.15, 0.2) is 0 Å². The molecular weight excluding hydrogens is 226 g/mol. The lowest BCUT2D eigenvalue weighted by molar-refractivity contribution is -0.112. The third-order valence-electron chi connectivity index (χ3n) is 2.70.